The number of unbranched alkanes of at least 4 members (excludes halogenated alkanes) is 1. The van der Waals surface area contributed by atoms with Crippen molar-refractivity contribution in [2.24, 2.45) is 28.7 Å². The summed E-state index contributed by atoms with van der Waals surface area (Å²) in [4.78, 5) is 59.0. The van der Waals surface area contributed by atoms with Crippen molar-refractivity contribution in [3.63, 3.8) is 0 Å². The van der Waals surface area contributed by atoms with Crippen molar-refractivity contribution in [1.82, 2.24) is 0 Å². The molecule has 0 heterocycles. The molecule has 0 amide bonds. The second-order valence-corrected chi connectivity index (χ2v) is 8.57. The van der Waals surface area contributed by atoms with Crippen LogP contribution in [-0.2, 0) is 35.2 Å². The topological polar surface area (TPSA) is 374 Å². The van der Waals surface area contributed by atoms with Crippen molar-refractivity contribution in [2.75, 3.05) is 6.54 Å². The monoisotopic (exact) mass is 623 g/mol. The molecule has 1 aromatic rings. The third-order valence-corrected chi connectivity index (χ3v) is 4.37. The summed E-state index contributed by atoms with van der Waals surface area (Å²) < 4.78 is 0. The molecule has 0 aliphatic carbocycles. The van der Waals surface area contributed by atoms with Gasteiger partial charge in [0.15, 0.2) is 0 Å². The van der Waals surface area contributed by atoms with Gasteiger partial charge in [-0.2, -0.15) is 0 Å². The lowest BCUT2D eigenvalue weighted by Gasteiger charge is -2.05. The van der Waals surface area contributed by atoms with Crippen LogP contribution in [-0.4, -0.2) is 102 Å². The van der Waals surface area contributed by atoms with Gasteiger partial charge in [0.25, 0.3) is 5.97 Å². The van der Waals surface area contributed by atoms with Crippen molar-refractivity contribution < 1.29 is 64.5 Å². The van der Waals surface area contributed by atoms with E-state index in [1.807, 2.05) is 0 Å². The van der Waals surface area contributed by atoms with E-state index in [4.69, 9.17) is 69.2 Å². The average Bonchev–Trinajstić information content (AvgIpc) is 2.89. The first-order valence-electron chi connectivity index (χ1n) is 12.5. The Kier molecular flexibility index (Phi) is 29.5. The smallest absolute Gasteiger partial charge is 0.320 e. The van der Waals surface area contributed by atoms with E-state index < -0.39 is 60.0 Å². The van der Waals surface area contributed by atoms with E-state index in [1.165, 1.54) is 19.1 Å². The maximum atomic E-state index is 10.4. The largest absolute Gasteiger partial charge is 0.508 e. The molecule has 0 aliphatic heterocycles. The summed E-state index contributed by atoms with van der Waals surface area (Å²) in [5.74, 6) is -5.79. The predicted molar refractivity (Wildman–Crippen MR) is 153 cm³/mol. The normalized spacial score (nSPS) is 12.2. The van der Waals surface area contributed by atoms with Crippen LogP contribution < -0.4 is 28.7 Å². The van der Waals surface area contributed by atoms with Crippen LogP contribution >= 0.6 is 0 Å². The van der Waals surface area contributed by atoms with E-state index >= 15 is 0 Å². The summed E-state index contributed by atoms with van der Waals surface area (Å²) in [7, 11) is 0. The Balaban J connectivity index is -0.000000232. The van der Waals surface area contributed by atoms with Crippen LogP contribution in [0, 0.1) is 0 Å². The van der Waals surface area contributed by atoms with Gasteiger partial charge in [0.1, 0.15) is 29.9 Å². The average molecular weight is 624 g/mol. The minimum absolute atomic E-state index is 0.0231. The molecule has 18 nitrogen and oxygen atoms in total. The molecule has 0 aliphatic rings. The SMILES string of the molecule is CC(=O)O.CC(N)C(=O)O.NC(CCC(=O)O)C(=O)O.NC(Cc1ccc(O)cc1)C(=O)O.NCCCCC(N)C(=O)O. The highest BCUT2D eigenvalue weighted by molar-refractivity contribution is 5.75. The molecule has 248 valence electrons. The van der Waals surface area contributed by atoms with Gasteiger partial charge >= 0.3 is 29.8 Å². The molecule has 0 spiro atoms. The van der Waals surface area contributed by atoms with E-state index in [9.17, 15) is 24.0 Å². The Labute approximate surface area is 248 Å². The Morgan fingerprint density at radius 3 is 1.35 bits per heavy atom. The van der Waals surface area contributed by atoms with E-state index in [0.29, 0.717) is 13.0 Å². The van der Waals surface area contributed by atoms with Gasteiger partial charge in [0, 0.05) is 13.3 Å². The number of aromatic hydroxyl groups is 1. The predicted octanol–water partition coefficient (Wildman–Crippen LogP) is -1.35. The first kappa shape index (κ1) is 45.6. The lowest BCUT2D eigenvalue weighted by molar-refractivity contribution is -0.141. The van der Waals surface area contributed by atoms with Gasteiger partial charge in [-0.05, 0) is 56.8 Å². The number of carbonyl (C=O) groups is 6. The lowest BCUT2D eigenvalue weighted by atomic mass is 10.1. The molecule has 1 rings (SSSR count). The van der Waals surface area contributed by atoms with Crippen LogP contribution in [0.25, 0.3) is 0 Å². The molecule has 4 unspecified atom stereocenters. The molecule has 1 aromatic carbocycles. The number of nitrogens with two attached hydrogens (primary N) is 5. The Morgan fingerprint density at radius 2 is 1.05 bits per heavy atom. The zero-order valence-corrected chi connectivity index (χ0v) is 24.0. The van der Waals surface area contributed by atoms with Crippen LogP contribution in [0.3, 0.4) is 0 Å². The number of phenolic OH excluding ortho intramolecular Hbond substituents is 1. The first-order chi connectivity index (χ1) is 19.7. The van der Waals surface area contributed by atoms with Crippen LogP contribution in [0.15, 0.2) is 24.3 Å². The highest BCUT2D eigenvalue weighted by Gasteiger charge is 2.13. The van der Waals surface area contributed by atoms with E-state index in [-0.39, 0.29) is 25.0 Å². The summed E-state index contributed by atoms with van der Waals surface area (Å²) >= 11 is 0. The number of rotatable bonds is 13. The highest BCUT2D eigenvalue weighted by atomic mass is 16.4. The van der Waals surface area contributed by atoms with Crippen LogP contribution in [0.2, 0.25) is 0 Å². The lowest BCUT2D eigenvalue weighted by Crippen LogP contribution is -2.32. The number of carboxylic acid groups (broad SMARTS) is 6. The number of benzene rings is 1. The molecule has 0 bridgehead atoms. The molecule has 0 saturated heterocycles. The minimum atomic E-state index is -1.17. The van der Waals surface area contributed by atoms with Gasteiger partial charge in [-0.3, -0.25) is 28.8 Å². The fourth-order valence-electron chi connectivity index (χ4n) is 2.01. The van der Waals surface area contributed by atoms with Crippen molar-refractivity contribution in [2.45, 2.75) is 76.5 Å². The summed E-state index contributed by atoms with van der Waals surface area (Å²) in [6, 6.07) is 2.92. The zero-order chi connectivity index (χ0) is 34.7. The van der Waals surface area contributed by atoms with Crippen molar-refractivity contribution >= 4 is 35.8 Å². The fourth-order valence-corrected chi connectivity index (χ4v) is 2.01. The van der Waals surface area contributed by atoms with Crippen molar-refractivity contribution in [1.29, 1.82) is 0 Å². The number of carboxylic acids is 6. The summed E-state index contributed by atoms with van der Waals surface area (Å²) in [5.41, 5.74) is 26.4. The van der Waals surface area contributed by atoms with E-state index in [2.05, 4.69) is 0 Å². The van der Waals surface area contributed by atoms with Crippen LogP contribution in [0.4, 0.5) is 0 Å². The van der Waals surface area contributed by atoms with Gasteiger partial charge in [0.2, 0.25) is 0 Å². The van der Waals surface area contributed by atoms with Crippen molar-refractivity contribution in [3.8, 4) is 5.75 Å². The summed E-state index contributed by atoms with van der Waals surface area (Å²) in [6.07, 6.45) is 2.21. The standard InChI is InChI=1S/C9H11NO3.C6H14N2O2.C5H9NO4.C3H7NO2.C2H4O2/c10-8(9(12)13)5-6-1-3-7(11)4-2-6;7-4-2-1-3-5(8)6(9)10;6-3(5(9)10)1-2-4(7)8;1-2(4)3(5)6;1-2(3)4/h1-4,8,11H,5,10H2,(H,12,13);5H,1-4,7-8H2,(H,9,10);3H,1-2,6H2,(H,7,8)(H,9,10);2H,4H2,1H3,(H,5,6);1H3,(H,3,4). The maximum Gasteiger partial charge on any atom is 0.320 e. The van der Waals surface area contributed by atoms with E-state index in [0.717, 1.165) is 25.3 Å². The molecular formula is C25H45N5O13. The Bertz CT molecular complexity index is 955. The number of hydrogen-bond acceptors (Lipinski definition) is 12. The molecule has 43 heavy (non-hydrogen) atoms. The molecule has 0 fully saturated rings. The number of hydrogen-bond donors (Lipinski definition) is 12. The first-order valence-corrected chi connectivity index (χ1v) is 12.5. The van der Waals surface area contributed by atoms with Gasteiger partial charge < -0.3 is 64.4 Å². The Morgan fingerprint density at radius 1 is 0.674 bits per heavy atom. The van der Waals surface area contributed by atoms with Gasteiger partial charge in [-0.25, -0.2) is 0 Å². The van der Waals surface area contributed by atoms with Gasteiger partial charge in [-0.1, -0.05) is 18.6 Å². The van der Waals surface area contributed by atoms with Crippen LogP contribution in [0.1, 0.15) is 51.5 Å². The van der Waals surface area contributed by atoms with Crippen LogP contribution in [0.5, 0.6) is 5.75 Å². The molecule has 0 saturated carbocycles. The molecule has 0 radical (unpaired) electrons. The number of aliphatic carboxylic acids is 6. The van der Waals surface area contributed by atoms with Gasteiger partial charge in [-0.15, -0.1) is 0 Å². The third-order valence-electron chi connectivity index (χ3n) is 4.37. The minimum Gasteiger partial charge on any atom is -0.508 e. The molecule has 17 N–H and O–H groups in total. The quantitative estimate of drug-likeness (QED) is 0.113. The molecule has 18 heteroatoms. The van der Waals surface area contributed by atoms with Crippen molar-refractivity contribution in [3.05, 3.63) is 29.8 Å². The fraction of sp³-hybridized carbons (Fsp3) is 0.520. The molecular weight excluding hydrogens is 578 g/mol. The van der Waals surface area contributed by atoms with E-state index in [1.54, 1.807) is 12.1 Å². The second kappa shape index (κ2) is 27.8. The summed E-state index contributed by atoms with van der Waals surface area (Å²) in [6.45, 7) is 3.11. The zero-order valence-electron chi connectivity index (χ0n) is 24.0. The van der Waals surface area contributed by atoms with Gasteiger partial charge in [0.05, 0.1) is 0 Å². The molecule has 4 atom stereocenters. The maximum absolute atomic E-state index is 10.4. The third kappa shape index (κ3) is 37.6. The second-order valence-electron chi connectivity index (χ2n) is 8.57. The Hall–Kier alpha value is -4.36. The summed E-state index contributed by atoms with van der Waals surface area (Å²) in [5, 5.41) is 57.4. The number of phenols is 1. The highest BCUT2D eigenvalue weighted by Crippen LogP contribution is 2.10. The molecule has 0 aromatic heterocycles.